The third-order valence-electron chi connectivity index (χ3n) is 4.03. The molecule has 0 saturated carbocycles. The van der Waals surface area contributed by atoms with Gasteiger partial charge in [0.15, 0.2) is 0 Å². The molecule has 1 N–H and O–H groups in total. The molecule has 1 unspecified atom stereocenters. The second kappa shape index (κ2) is 5.10. The van der Waals surface area contributed by atoms with E-state index in [1.54, 1.807) is 6.07 Å². The zero-order chi connectivity index (χ0) is 15.0. The van der Waals surface area contributed by atoms with Crippen LogP contribution in [0.4, 0.5) is 18.9 Å². The van der Waals surface area contributed by atoms with Crippen molar-refractivity contribution in [3.05, 3.63) is 64.7 Å². The van der Waals surface area contributed by atoms with Crippen molar-refractivity contribution in [2.45, 2.75) is 25.4 Å². The second-order valence-electron chi connectivity index (χ2n) is 5.43. The molecule has 110 valence electrons. The largest absolute Gasteiger partial charge is 0.416 e. The van der Waals surface area contributed by atoms with Gasteiger partial charge in [0.1, 0.15) is 0 Å². The lowest BCUT2D eigenvalue weighted by atomic mass is 9.83. The van der Waals surface area contributed by atoms with E-state index < -0.39 is 11.7 Å². The minimum Gasteiger partial charge on any atom is -0.385 e. The van der Waals surface area contributed by atoms with Gasteiger partial charge in [-0.05, 0) is 36.1 Å². The molecular weight excluding hydrogens is 275 g/mol. The Balaban J connectivity index is 2.05. The number of aryl methyl sites for hydroxylation is 1. The highest BCUT2D eigenvalue weighted by molar-refractivity contribution is 5.62. The van der Waals surface area contributed by atoms with Crippen LogP contribution in [0.1, 0.15) is 34.6 Å². The highest BCUT2D eigenvalue weighted by atomic mass is 19.4. The summed E-state index contributed by atoms with van der Waals surface area (Å²) in [4.78, 5) is 0. The van der Waals surface area contributed by atoms with Crippen molar-refractivity contribution in [3.63, 3.8) is 0 Å². The fourth-order valence-corrected chi connectivity index (χ4v) is 3.00. The minimum absolute atomic E-state index is 0.0171. The smallest absolute Gasteiger partial charge is 0.385 e. The molecule has 0 amide bonds. The van der Waals surface area contributed by atoms with E-state index >= 15 is 0 Å². The zero-order valence-electron chi connectivity index (χ0n) is 11.7. The second-order valence-corrected chi connectivity index (χ2v) is 5.43. The van der Waals surface area contributed by atoms with E-state index in [9.17, 15) is 13.2 Å². The first-order chi connectivity index (χ1) is 9.97. The number of fused-ring (bicyclic) bond motifs is 1. The van der Waals surface area contributed by atoms with Crippen molar-refractivity contribution in [1.82, 2.24) is 0 Å². The van der Waals surface area contributed by atoms with Crippen LogP contribution in [0.2, 0.25) is 0 Å². The fraction of sp³-hybridized carbons (Fsp3) is 0.294. The Morgan fingerprint density at radius 3 is 2.62 bits per heavy atom. The highest BCUT2D eigenvalue weighted by Gasteiger charge is 2.31. The Morgan fingerprint density at radius 2 is 1.86 bits per heavy atom. The van der Waals surface area contributed by atoms with Gasteiger partial charge in [-0.1, -0.05) is 36.4 Å². The summed E-state index contributed by atoms with van der Waals surface area (Å²) in [5.74, 6) is 0.0171. The van der Waals surface area contributed by atoms with Crippen LogP contribution in [0.5, 0.6) is 0 Å². The van der Waals surface area contributed by atoms with Crippen molar-refractivity contribution >= 4 is 5.69 Å². The van der Waals surface area contributed by atoms with Gasteiger partial charge in [0.25, 0.3) is 0 Å². The maximum atomic E-state index is 12.9. The molecule has 0 aliphatic carbocycles. The Kier molecular flexibility index (Phi) is 3.40. The summed E-state index contributed by atoms with van der Waals surface area (Å²) >= 11 is 0. The van der Waals surface area contributed by atoms with E-state index in [1.165, 1.54) is 12.1 Å². The number of benzene rings is 2. The lowest BCUT2D eigenvalue weighted by molar-refractivity contribution is -0.137. The number of nitrogens with one attached hydrogen (secondary N) is 1. The summed E-state index contributed by atoms with van der Waals surface area (Å²) in [6.07, 6.45) is -3.49. The number of halogens is 3. The van der Waals surface area contributed by atoms with Gasteiger partial charge in [0.05, 0.1) is 5.56 Å². The maximum absolute atomic E-state index is 12.9. The van der Waals surface area contributed by atoms with Crippen LogP contribution in [-0.4, -0.2) is 6.54 Å². The number of hydrogen-bond acceptors (Lipinski definition) is 1. The maximum Gasteiger partial charge on any atom is 0.416 e. The molecule has 1 aliphatic heterocycles. The molecule has 21 heavy (non-hydrogen) atoms. The van der Waals surface area contributed by atoms with Crippen LogP contribution >= 0.6 is 0 Å². The molecule has 0 saturated heterocycles. The minimum atomic E-state index is -4.29. The van der Waals surface area contributed by atoms with Crippen LogP contribution in [0.25, 0.3) is 0 Å². The van der Waals surface area contributed by atoms with Crippen molar-refractivity contribution in [2.75, 3.05) is 11.9 Å². The standard InChI is InChI=1S/C17H16F3N/c1-11-4-2-7-15-14(8-9-21-16(11)15)12-5-3-6-13(10-12)17(18,19)20/h2-7,10,14,21H,8-9H2,1H3. The number of hydrogen-bond donors (Lipinski definition) is 1. The number of anilines is 1. The zero-order valence-corrected chi connectivity index (χ0v) is 11.7. The molecule has 2 aromatic carbocycles. The van der Waals surface area contributed by atoms with Crippen molar-refractivity contribution < 1.29 is 13.2 Å². The van der Waals surface area contributed by atoms with Crippen LogP contribution in [0.15, 0.2) is 42.5 Å². The van der Waals surface area contributed by atoms with Gasteiger partial charge in [-0.15, -0.1) is 0 Å². The number of alkyl halides is 3. The highest BCUT2D eigenvalue weighted by Crippen LogP contribution is 2.39. The molecule has 0 bridgehead atoms. The molecule has 0 spiro atoms. The monoisotopic (exact) mass is 291 g/mol. The molecule has 1 heterocycles. The number of rotatable bonds is 1. The van der Waals surface area contributed by atoms with Gasteiger partial charge < -0.3 is 5.32 Å². The third-order valence-corrected chi connectivity index (χ3v) is 4.03. The Labute approximate surface area is 121 Å². The fourth-order valence-electron chi connectivity index (χ4n) is 3.00. The van der Waals surface area contributed by atoms with E-state index in [1.807, 2.05) is 25.1 Å². The molecule has 1 atom stereocenters. The van der Waals surface area contributed by atoms with Gasteiger partial charge in [-0.25, -0.2) is 0 Å². The van der Waals surface area contributed by atoms with Gasteiger partial charge in [-0.2, -0.15) is 13.2 Å². The van der Waals surface area contributed by atoms with E-state index in [0.717, 1.165) is 41.4 Å². The van der Waals surface area contributed by atoms with Crippen LogP contribution in [-0.2, 0) is 6.18 Å². The molecule has 1 nitrogen and oxygen atoms in total. The van der Waals surface area contributed by atoms with E-state index in [4.69, 9.17) is 0 Å². The van der Waals surface area contributed by atoms with Gasteiger partial charge in [0, 0.05) is 18.2 Å². The average molecular weight is 291 g/mol. The molecule has 1 aliphatic rings. The van der Waals surface area contributed by atoms with Gasteiger partial charge in [-0.3, -0.25) is 0 Å². The molecule has 0 aromatic heterocycles. The van der Waals surface area contributed by atoms with Crippen molar-refractivity contribution in [2.24, 2.45) is 0 Å². The van der Waals surface area contributed by atoms with Gasteiger partial charge >= 0.3 is 6.18 Å². The predicted molar refractivity (Wildman–Crippen MR) is 77.6 cm³/mol. The summed E-state index contributed by atoms with van der Waals surface area (Å²) < 4.78 is 38.6. The molecule has 4 heteroatoms. The summed E-state index contributed by atoms with van der Waals surface area (Å²) in [5, 5.41) is 3.35. The molecule has 0 fully saturated rings. The van der Waals surface area contributed by atoms with E-state index in [0.29, 0.717) is 0 Å². The topological polar surface area (TPSA) is 12.0 Å². The third kappa shape index (κ3) is 2.62. The average Bonchev–Trinajstić information content (AvgIpc) is 2.46. The summed E-state index contributed by atoms with van der Waals surface area (Å²) in [6.45, 7) is 2.79. The van der Waals surface area contributed by atoms with Crippen LogP contribution in [0.3, 0.4) is 0 Å². The first-order valence-corrected chi connectivity index (χ1v) is 6.97. The first kappa shape index (κ1) is 14.0. The van der Waals surface area contributed by atoms with Gasteiger partial charge in [0.2, 0.25) is 0 Å². The Bertz CT molecular complexity index is 661. The summed E-state index contributed by atoms with van der Waals surface area (Å²) in [7, 11) is 0. The van der Waals surface area contributed by atoms with E-state index in [-0.39, 0.29) is 5.92 Å². The van der Waals surface area contributed by atoms with Crippen LogP contribution in [0, 0.1) is 6.92 Å². The van der Waals surface area contributed by atoms with Crippen LogP contribution < -0.4 is 5.32 Å². The normalized spacial score (nSPS) is 18.0. The molecule has 3 rings (SSSR count). The Hall–Kier alpha value is -1.97. The predicted octanol–water partition coefficient (Wildman–Crippen LogP) is 4.96. The Morgan fingerprint density at radius 1 is 1.10 bits per heavy atom. The summed E-state index contributed by atoms with van der Waals surface area (Å²) in [5.41, 5.74) is 3.43. The molecule has 2 aromatic rings. The lowest BCUT2D eigenvalue weighted by Gasteiger charge is -2.28. The number of para-hydroxylation sites is 1. The first-order valence-electron chi connectivity index (χ1n) is 6.97. The summed E-state index contributed by atoms with van der Waals surface area (Å²) in [6, 6.07) is 11.7. The lowest BCUT2D eigenvalue weighted by Crippen LogP contribution is -2.19. The molecular formula is C17H16F3N. The quantitative estimate of drug-likeness (QED) is 0.783. The van der Waals surface area contributed by atoms with Crippen molar-refractivity contribution in [3.8, 4) is 0 Å². The molecule has 0 radical (unpaired) electrons. The van der Waals surface area contributed by atoms with E-state index in [2.05, 4.69) is 5.32 Å². The van der Waals surface area contributed by atoms with Crippen molar-refractivity contribution in [1.29, 1.82) is 0 Å². The SMILES string of the molecule is Cc1cccc2c1NCCC2c1cccc(C(F)(F)F)c1.